The number of hydrogen-bond acceptors (Lipinski definition) is 5. The van der Waals surface area contributed by atoms with E-state index < -0.39 is 22.9 Å². The zero-order valence-corrected chi connectivity index (χ0v) is 17.5. The number of unbranched alkanes of at least 4 members (excludes halogenated alkanes) is 1. The van der Waals surface area contributed by atoms with Crippen LogP contribution in [0.25, 0.3) is 0 Å². The van der Waals surface area contributed by atoms with Crippen molar-refractivity contribution in [3.05, 3.63) is 65.7 Å². The van der Waals surface area contributed by atoms with Crippen LogP contribution in [0, 0.1) is 5.41 Å². The van der Waals surface area contributed by atoms with Gasteiger partial charge in [0.1, 0.15) is 5.75 Å². The zero-order valence-electron chi connectivity index (χ0n) is 17.5. The highest BCUT2D eigenvalue weighted by atomic mass is 16.6. The van der Waals surface area contributed by atoms with E-state index in [0.717, 1.165) is 12.8 Å². The van der Waals surface area contributed by atoms with Gasteiger partial charge in [-0.2, -0.15) is 0 Å². The number of ether oxygens (including phenoxy) is 1. The molecule has 2 aromatic rings. The zero-order chi connectivity index (χ0) is 21.5. The van der Waals surface area contributed by atoms with E-state index in [9.17, 15) is 14.7 Å². The second kappa shape index (κ2) is 9.70. The van der Waals surface area contributed by atoms with Gasteiger partial charge < -0.3 is 9.84 Å². The lowest BCUT2D eigenvalue weighted by molar-refractivity contribution is -0.0805. The molecule has 0 aromatic heterocycles. The van der Waals surface area contributed by atoms with E-state index in [1.807, 2.05) is 13.8 Å². The van der Waals surface area contributed by atoms with Crippen molar-refractivity contribution in [3.8, 4) is 5.75 Å². The molecule has 0 bridgehead atoms. The SMILES string of the molecule is CCCCC(CC)(CC)C(N)(OC(=O)c1ccccc1)C(=O)c1ccccc1O. The Morgan fingerprint density at radius 3 is 2.10 bits per heavy atom. The first-order valence-electron chi connectivity index (χ1n) is 10.2. The Morgan fingerprint density at radius 1 is 0.966 bits per heavy atom. The van der Waals surface area contributed by atoms with E-state index in [4.69, 9.17) is 10.5 Å². The molecule has 3 N–H and O–H groups in total. The molecule has 5 heteroatoms. The minimum atomic E-state index is -1.91. The fraction of sp³-hybridized carbons (Fsp3) is 0.417. The number of Topliss-reactive ketones (excluding diaryl/α,β-unsaturated/α-hetero) is 1. The third kappa shape index (κ3) is 4.51. The predicted octanol–water partition coefficient (Wildman–Crippen LogP) is 5.08. The molecule has 0 aliphatic rings. The van der Waals surface area contributed by atoms with E-state index in [1.54, 1.807) is 42.5 Å². The first-order chi connectivity index (χ1) is 13.8. The summed E-state index contributed by atoms with van der Waals surface area (Å²) >= 11 is 0. The number of carbonyl (C=O) groups excluding carboxylic acids is 2. The molecule has 156 valence electrons. The predicted molar refractivity (Wildman–Crippen MR) is 114 cm³/mol. The summed E-state index contributed by atoms with van der Waals surface area (Å²) in [5.74, 6) is -1.42. The van der Waals surface area contributed by atoms with Crippen molar-refractivity contribution in [2.45, 2.75) is 58.6 Å². The first-order valence-corrected chi connectivity index (χ1v) is 10.2. The van der Waals surface area contributed by atoms with Gasteiger partial charge in [0.15, 0.2) is 0 Å². The molecule has 2 rings (SSSR count). The third-order valence-electron chi connectivity index (χ3n) is 5.90. The topological polar surface area (TPSA) is 89.6 Å². The van der Waals surface area contributed by atoms with Gasteiger partial charge in [0.2, 0.25) is 11.5 Å². The summed E-state index contributed by atoms with van der Waals surface area (Å²) in [6.45, 7) is 5.97. The van der Waals surface area contributed by atoms with Crippen LogP contribution in [0.4, 0.5) is 0 Å². The Labute approximate surface area is 172 Å². The van der Waals surface area contributed by atoms with Crippen molar-refractivity contribution >= 4 is 11.8 Å². The van der Waals surface area contributed by atoms with Gasteiger partial charge in [-0.15, -0.1) is 0 Å². The molecule has 0 radical (unpaired) electrons. The monoisotopic (exact) mass is 397 g/mol. The maximum atomic E-state index is 13.6. The van der Waals surface area contributed by atoms with Gasteiger partial charge in [-0.25, -0.2) is 4.79 Å². The van der Waals surface area contributed by atoms with Crippen LogP contribution in [0.2, 0.25) is 0 Å². The van der Waals surface area contributed by atoms with Gasteiger partial charge >= 0.3 is 5.97 Å². The third-order valence-corrected chi connectivity index (χ3v) is 5.90. The molecule has 29 heavy (non-hydrogen) atoms. The largest absolute Gasteiger partial charge is 0.507 e. The Morgan fingerprint density at radius 2 is 1.55 bits per heavy atom. The van der Waals surface area contributed by atoms with Gasteiger partial charge in [0.25, 0.3) is 0 Å². The molecular formula is C24H31NO4. The van der Waals surface area contributed by atoms with Crippen LogP contribution in [0.3, 0.4) is 0 Å². The second-order valence-corrected chi connectivity index (χ2v) is 7.43. The molecule has 1 unspecified atom stereocenters. The normalized spacial score (nSPS) is 13.5. The van der Waals surface area contributed by atoms with E-state index in [1.165, 1.54) is 12.1 Å². The Balaban J connectivity index is 2.58. The fourth-order valence-corrected chi connectivity index (χ4v) is 3.87. The van der Waals surface area contributed by atoms with Crippen molar-refractivity contribution in [1.29, 1.82) is 0 Å². The van der Waals surface area contributed by atoms with Crippen LogP contribution in [0.1, 0.15) is 73.6 Å². The molecule has 5 nitrogen and oxygen atoms in total. The molecular weight excluding hydrogens is 366 g/mol. The highest BCUT2D eigenvalue weighted by molar-refractivity contribution is 6.06. The van der Waals surface area contributed by atoms with Gasteiger partial charge in [-0.05, 0) is 43.5 Å². The minimum absolute atomic E-state index is 0.0543. The van der Waals surface area contributed by atoms with Crippen LogP contribution in [-0.4, -0.2) is 22.6 Å². The number of carbonyl (C=O) groups is 2. The lowest BCUT2D eigenvalue weighted by Crippen LogP contribution is -2.63. The van der Waals surface area contributed by atoms with E-state index in [-0.39, 0.29) is 11.3 Å². The number of benzene rings is 2. The second-order valence-electron chi connectivity index (χ2n) is 7.43. The summed E-state index contributed by atoms with van der Waals surface area (Å²) in [6, 6.07) is 14.7. The van der Waals surface area contributed by atoms with Crippen LogP contribution < -0.4 is 5.73 Å². The number of phenolic OH excluding ortho intramolecular Hbond substituents is 1. The molecule has 0 spiro atoms. The number of hydrogen-bond donors (Lipinski definition) is 2. The van der Waals surface area contributed by atoms with Crippen LogP contribution in [-0.2, 0) is 4.74 Å². The number of aromatic hydroxyl groups is 1. The van der Waals surface area contributed by atoms with Crippen LogP contribution in [0.15, 0.2) is 54.6 Å². The lowest BCUT2D eigenvalue weighted by atomic mass is 9.67. The van der Waals surface area contributed by atoms with Gasteiger partial charge in [-0.1, -0.05) is 63.9 Å². The first kappa shape index (κ1) is 22.6. The summed E-state index contributed by atoms with van der Waals surface area (Å²) < 4.78 is 5.82. The number of esters is 1. The number of para-hydroxylation sites is 1. The van der Waals surface area contributed by atoms with Gasteiger partial charge in [0.05, 0.1) is 11.1 Å². The Hall–Kier alpha value is -2.66. The standard InChI is InChI=1S/C24H31NO4/c1-4-7-17-23(5-2,6-3)24(25,21(27)19-15-11-12-16-20(19)26)29-22(28)18-13-9-8-10-14-18/h8-16,26H,4-7,17,25H2,1-3H3. The quantitative estimate of drug-likeness (QED) is 0.331. The maximum Gasteiger partial charge on any atom is 0.340 e. The average molecular weight is 398 g/mol. The number of nitrogens with two attached hydrogens (primary N) is 1. The molecule has 0 saturated heterocycles. The summed E-state index contributed by atoms with van der Waals surface area (Å²) in [6.07, 6.45) is 3.52. The lowest BCUT2D eigenvalue weighted by Gasteiger charge is -2.45. The fourth-order valence-electron chi connectivity index (χ4n) is 3.87. The Kier molecular flexibility index (Phi) is 7.57. The van der Waals surface area contributed by atoms with Crippen LogP contribution >= 0.6 is 0 Å². The molecule has 0 aliphatic heterocycles. The molecule has 0 saturated carbocycles. The van der Waals surface area contributed by atoms with E-state index >= 15 is 0 Å². The van der Waals surface area contributed by atoms with Crippen molar-refractivity contribution in [2.24, 2.45) is 11.1 Å². The molecule has 0 fully saturated rings. The number of phenols is 1. The minimum Gasteiger partial charge on any atom is -0.507 e. The molecule has 0 heterocycles. The molecule has 0 aliphatic carbocycles. The Bertz CT molecular complexity index is 830. The smallest absolute Gasteiger partial charge is 0.340 e. The summed E-state index contributed by atoms with van der Waals surface area (Å²) in [4.78, 5) is 26.5. The highest BCUT2D eigenvalue weighted by Gasteiger charge is 2.55. The van der Waals surface area contributed by atoms with E-state index in [0.29, 0.717) is 24.8 Å². The summed E-state index contributed by atoms with van der Waals surface area (Å²) in [5.41, 5.74) is 4.43. The van der Waals surface area contributed by atoms with Crippen molar-refractivity contribution in [1.82, 2.24) is 0 Å². The highest BCUT2D eigenvalue weighted by Crippen LogP contribution is 2.45. The van der Waals surface area contributed by atoms with Crippen molar-refractivity contribution in [3.63, 3.8) is 0 Å². The maximum absolute atomic E-state index is 13.6. The molecule has 1 atom stereocenters. The molecule has 0 amide bonds. The average Bonchev–Trinajstić information content (AvgIpc) is 2.75. The van der Waals surface area contributed by atoms with Crippen molar-refractivity contribution in [2.75, 3.05) is 0 Å². The number of ketones is 1. The number of rotatable bonds is 10. The molecule has 2 aromatic carbocycles. The summed E-state index contributed by atoms with van der Waals surface area (Å²) in [7, 11) is 0. The van der Waals surface area contributed by atoms with Gasteiger partial charge in [-0.3, -0.25) is 10.5 Å². The van der Waals surface area contributed by atoms with Crippen molar-refractivity contribution < 1.29 is 19.4 Å². The van der Waals surface area contributed by atoms with E-state index in [2.05, 4.69) is 6.92 Å². The van der Waals surface area contributed by atoms with Crippen LogP contribution in [0.5, 0.6) is 5.75 Å². The summed E-state index contributed by atoms with van der Waals surface area (Å²) in [5, 5.41) is 10.3. The van der Waals surface area contributed by atoms with Gasteiger partial charge in [0, 0.05) is 5.41 Å².